The van der Waals surface area contributed by atoms with Crippen molar-refractivity contribution in [2.75, 3.05) is 13.2 Å². The van der Waals surface area contributed by atoms with Gasteiger partial charge in [-0.25, -0.2) is 9.69 Å². The molecule has 0 N–H and O–H groups in total. The third-order valence-electron chi connectivity index (χ3n) is 3.10. The predicted octanol–water partition coefficient (Wildman–Crippen LogP) is 2.55. The summed E-state index contributed by atoms with van der Waals surface area (Å²) in [7, 11) is 0. The van der Waals surface area contributed by atoms with E-state index in [0.717, 1.165) is 18.4 Å². The van der Waals surface area contributed by atoms with Crippen LogP contribution in [-0.2, 0) is 9.53 Å². The third-order valence-corrected chi connectivity index (χ3v) is 3.10. The minimum absolute atomic E-state index is 0.148. The van der Waals surface area contributed by atoms with Gasteiger partial charge in [-0.2, -0.15) is 0 Å². The van der Waals surface area contributed by atoms with E-state index < -0.39 is 6.09 Å². The minimum Gasteiger partial charge on any atom is -0.447 e. The van der Waals surface area contributed by atoms with Crippen LogP contribution in [0, 0.1) is 0 Å². The van der Waals surface area contributed by atoms with Crippen LogP contribution in [0.25, 0.3) is 0 Å². The molecule has 2 amide bonds. The maximum atomic E-state index is 12.4. The highest BCUT2D eigenvalue weighted by Crippen LogP contribution is 2.25. The lowest BCUT2D eigenvalue weighted by atomic mass is 9.93. The zero-order chi connectivity index (χ0) is 13.0. The number of rotatable bonds is 4. The Bertz CT molecular complexity index is 430. The molecule has 1 atom stereocenters. The second kappa shape index (κ2) is 5.67. The van der Waals surface area contributed by atoms with Crippen LogP contribution >= 0.6 is 0 Å². The fraction of sp³-hybridized carbons (Fsp3) is 0.429. The van der Waals surface area contributed by atoms with E-state index in [9.17, 15) is 9.59 Å². The van der Waals surface area contributed by atoms with Crippen molar-refractivity contribution >= 4 is 12.0 Å². The van der Waals surface area contributed by atoms with E-state index in [4.69, 9.17) is 4.74 Å². The van der Waals surface area contributed by atoms with Crippen molar-refractivity contribution < 1.29 is 14.3 Å². The summed E-state index contributed by atoms with van der Waals surface area (Å²) in [5.41, 5.74) is 0.962. The second-order valence-corrected chi connectivity index (χ2v) is 4.36. The Morgan fingerprint density at radius 3 is 2.67 bits per heavy atom. The van der Waals surface area contributed by atoms with E-state index in [1.807, 2.05) is 37.3 Å². The highest BCUT2D eigenvalue weighted by Gasteiger charge is 2.33. The zero-order valence-electron chi connectivity index (χ0n) is 10.5. The Kier molecular flexibility index (Phi) is 3.97. The maximum absolute atomic E-state index is 12.4. The van der Waals surface area contributed by atoms with E-state index in [1.165, 1.54) is 4.90 Å². The van der Waals surface area contributed by atoms with Crippen molar-refractivity contribution in [1.29, 1.82) is 0 Å². The molecule has 4 nitrogen and oxygen atoms in total. The average molecular weight is 247 g/mol. The number of amides is 2. The second-order valence-electron chi connectivity index (χ2n) is 4.36. The summed E-state index contributed by atoms with van der Waals surface area (Å²) >= 11 is 0. The molecule has 1 unspecified atom stereocenters. The van der Waals surface area contributed by atoms with Crippen molar-refractivity contribution in [3.8, 4) is 0 Å². The number of hydrogen-bond donors (Lipinski definition) is 0. The van der Waals surface area contributed by atoms with Crippen LogP contribution in [0.5, 0.6) is 0 Å². The van der Waals surface area contributed by atoms with E-state index in [2.05, 4.69) is 0 Å². The van der Waals surface area contributed by atoms with Gasteiger partial charge in [-0.15, -0.1) is 0 Å². The zero-order valence-corrected chi connectivity index (χ0v) is 10.5. The van der Waals surface area contributed by atoms with Gasteiger partial charge in [0.2, 0.25) is 5.91 Å². The smallest absolute Gasteiger partial charge is 0.416 e. The van der Waals surface area contributed by atoms with Crippen LogP contribution in [0.4, 0.5) is 4.79 Å². The topological polar surface area (TPSA) is 46.6 Å². The first-order valence-electron chi connectivity index (χ1n) is 6.27. The molecule has 0 saturated carbocycles. The molecular formula is C14H17NO3. The molecule has 1 saturated heterocycles. The van der Waals surface area contributed by atoms with Gasteiger partial charge < -0.3 is 4.74 Å². The molecule has 1 aliphatic heterocycles. The number of carbonyl (C=O) groups excluding carboxylic acids is 2. The van der Waals surface area contributed by atoms with Gasteiger partial charge in [0.05, 0.1) is 12.5 Å². The fourth-order valence-electron chi connectivity index (χ4n) is 2.19. The van der Waals surface area contributed by atoms with Crippen LogP contribution in [0.15, 0.2) is 30.3 Å². The molecule has 0 radical (unpaired) electrons. The summed E-state index contributed by atoms with van der Waals surface area (Å²) in [6.07, 6.45) is 1.12. The summed E-state index contributed by atoms with van der Waals surface area (Å²) in [4.78, 5) is 25.0. The molecule has 1 aromatic rings. The Balaban J connectivity index is 2.20. The summed E-state index contributed by atoms with van der Waals surface area (Å²) in [6, 6.07) is 9.60. The van der Waals surface area contributed by atoms with Gasteiger partial charge in [0, 0.05) is 0 Å². The number of carbonyl (C=O) groups is 2. The van der Waals surface area contributed by atoms with Gasteiger partial charge >= 0.3 is 6.09 Å². The summed E-state index contributed by atoms with van der Waals surface area (Å²) in [6.45, 7) is 2.70. The Labute approximate surface area is 107 Å². The van der Waals surface area contributed by atoms with Gasteiger partial charge in [0.1, 0.15) is 6.61 Å². The number of ether oxygens (including phenoxy) is 1. The third kappa shape index (κ3) is 2.53. The van der Waals surface area contributed by atoms with Crippen molar-refractivity contribution in [2.24, 2.45) is 0 Å². The fourth-order valence-corrected chi connectivity index (χ4v) is 2.19. The molecule has 2 rings (SSSR count). The van der Waals surface area contributed by atoms with Gasteiger partial charge in [-0.1, -0.05) is 43.7 Å². The lowest BCUT2D eigenvalue weighted by molar-refractivity contribution is -0.129. The molecule has 0 bridgehead atoms. The minimum atomic E-state index is -0.517. The van der Waals surface area contributed by atoms with Crippen LogP contribution in [0.2, 0.25) is 0 Å². The van der Waals surface area contributed by atoms with E-state index in [1.54, 1.807) is 0 Å². The molecule has 18 heavy (non-hydrogen) atoms. The summed E-state index contributed by atoms with van der Waals surface area (Å²) in [5, 5.41) is 0. The average Bonchev–Trinajstić information content (AvgIpc) is 2.82. The molecule has 0 aromatic heterocycles. The highest BCUT2D eigenvalue weighted by molar-refractivity contribution is 5.96. The largest absolute Gasteiger partial charge is 0.447 e. The van der Waals surface area contributed by atoms with Gasteiger partial charge in [-0.05, 0) is 12.0 Å². The summed E-state index contributed by atoms with van der Waals surface area (Å²) in [5.74, 6) is -0.396. The van der Waals surface area contributed by atoms with E-state index >= 15 is 0 Å². The Morgan fingerprint density at radius 2 is 2.11 bits per heavy atom. The molecule has 1 heterocycles. The van der Waals surface area contributed by atoms with Crippen molar-refractivity contribution in [1.82, 2.24) is 4.90 Å². The lowest BCUT2D eigenvalue weighted by Gasteiger charge is -2.20. The Hall–Kier alpha value is -1.84. The molecule has 0 spiro atoms. The van der Waals surface area contributed by atoms with Crippen LogP contribution in [0.1, 0.15) is 31.2 Å². The summed E-state index contributed by atoms with van der Waals surface area (Å²) < 4.78 is 4.82. The first-order valence-corrected chi connectivity index (χ1v) is 6.27. The monoisotopic (exact) mass is 247 g/mol. The van der Waals surface area contributed by atoms with Crippen molar-refractivity contribution in [2.45, 2.75) is 25.7 Å². The first-order chi connectivity index (χ1) is 8.74. The quantitative estimate of drug-likeness (QED) is 0.821. The molecule has 1 aromatic carbocycles. The van der Waals surface area contributed by atoms with Crippen LogP contribution in [-0.4, -0.2) is 30.1 Å². The first kappa shape index (κ1) is 12.6. The number of cyclic esters (lactones) is 1. The van der Waals surface area contributed by atoms with Gasteiger partial charge in [0.15, 0.2) is 0 Å². The number of nitrogens with zero attached hydrogens (tertiary/aromatic N) is 1. The Morgan fingerprint density at radius 1 is 1.39 bits per heavy atom. The molecular weight excluding hydrogens is 230 g/mol. The molecule has 4 heteroatoms. The van der Waals surface area contributed by atoms with Crippen molar-refractivity contribution in [3.63, 3.8) is 0 Å². The van der Waals surface area contributed by atoms with E-state index in [0.29, 0.717) is 13.2 Å². The van der Waals surface area contributed by atoms with Gasteiger partial charge in [-0.3, -0.25) is 4.79 Å². The number of benzene rings is 1. The highest BCUT2D eigenvalue weighted by atomic mass is 16.6. The lowest BCUT2D eigenvalue weighted by Crippen LogP contribution is -2.35. The van der Waals surface area contributed by atoms with E-state index in [-0.39, 0.29) is 11.8 Å². The normalized spacial score (nSPS) is 16.5. The molecule has 0 aliphatic carbocycles. The van der Waals surface area contributed by atoms with Crippen LogP contribution < -0.4 is 0 Å². The number of hydrogen-bond acceptors (Lipinski definition) is 3. The molecule has 96 valence electrons. The van der Waals surface area contributed by atoms with Crippen LogP contribution in [0.3, 0.4) is 0 Å². The number of imide groups is 1. The standard InChI is InChI=1S/C14H17NO3/c1-2-6-12(11-7-4-3-5-8-11)13(16)15-9-10-18-14(15)17/h3-5,7-8,12H,2,6,9-10H2,1H3. The molecule has 1 aliphatic rings. The predicted molar refractivity (Wildman–Crippen MR) is 67.2 cm³/mol. The molecule has 1 fully saturated rings. The maximum Gasteiger partial charge on any atom is 0.416 e. The van der Waals surface area contributed by atoms with Gasteiger partial charge in [0.25, 0.3) is 0 Å². The van der Waals surface area contributed by atoms with Crippen molar-refractivity contribution in [3.05, 3.63) is 35.9 Å². The SMILES string of the molecule is CCCC(C(=O)N1CCOC1=O)c1ccccc1.